The number of piperidine rings is 1. The van der Waals surface area contributed by atoms with Gasteiger partial charge >= 0.3 is 0 Å². The lowest BCUT2D eigenvalue weighted by atomic mass is 9.97. The molecular formula is C17H23N3O2. The van der Waals surface area contributed by atoms with Crippen LogP contribution in [0.3, 0.4) is 0 Å². The van der Waals surface area contributed by atoms with E-state index in [0.29, 0.717) is 6.04 Å². The first kappa shape index (κ1) is 15.0. The Morgan fingerprint density at radius 3 is 2.36 bits per heavy atom. The zero-order chi connectivity index (χ0) is 15.5. The molecule has 1 unspecified atom stereocenters. The smallest absolute Gasteiger partial charge is 0.248 e. The summed E-state index contributed by atoms with van der Waals surface area (Å²) >= 11 is 0. The molecule has 2 saturated heterocycles. The van der Waals surface area contributed by atoms with Gasteiger partial charge in [-0.15, -0.1) is 0 Å². The highest BCUT2D eigenvalue weighted by atomic mass is 16.2. The summed E-state index contributed by atoms with van der Waals surface area (Å²) in [6.45, 7) is 1.66. The number of rotatable bonds is 3. The maximum atomic E-state index is 11.8. The van der Waals surface area contributed by atoms with Crippen molar-refractivity contribution in [2.45, 2.75) is 31.7 Å². The summed E-state index contributed by atoms with van der Waals surface area (Å²) in [4.78, 5) is 26.6. The van der Waals surface area contributed by atoms with Gasteiger partial charge in [-0.25, -0.2) is 0 Å². The summed E-state index contributed by atoms with van der Waals surface area (Å²) in [6.07, 6.45) is 4.87. The number of imide groups is 1. The van der Waals surface area contributed by atoms with Gasteiger partial charge in [0.25, 0.3) is 0 Å². The molecule has 0 aromatic heterocycles. The van der Waals surface area contributed by atoms with E-state index in [1.807, 2.05) is 17.0 Å². The third-order valence-electron chi connectivity index (χ3n) is 4.60. The van der Waals surface area contributed by atoms with Crippen molar-refractivity contribution in [3.05, 3.63) is 29.8 Å². The van der Waals surface area contributed by atoms with Gasteiger partial charge in [-0.1, -0.05) is 18.6 Å². The van der Waals surface area contributed by atoms with Crippen molar-refractivity contribution in [2.24, 2.45) is 0 Å². The van der Waals surface area contributed by atoms with Gasteiger partial charge in [0.05, 0.1) is 13.1 Å². The molecule has 0 saturated carbocycles. The lowest BCUT2D eigenvalue weighted by Crippen LogP contribution is -2.52. The first-order valence-electron chi connectivity index (χ1n) is 8.00. The third-order valence-corrected chi connectivity index (χ3v) is 4.60. The van der Waals surface area contributed by atoms with E-state index < -0.39 is 0 Å². The van der Waals surface area contributed by atoms with E-state index in [9.17, 15) is 9.59 Å². The summed E-state index contributed by atoms with van der Waals surface area (Å²) in [5.74, 6) is -0.293. The van der Waals surface area contributed by atoms with Gasteiger partial charge < -0.3 is 10.2 Å². The van der Waals surface area contributed by atoms with E-state index in [0.717, 1.165) is 18.7 Å². The molecule has 2 aliphatic rings. The zero-order valence-corrected chi connectivity index (χ0v) is 13.0. The van der Waals surface area contributed by atoms with Crippen molar-refractivity contribution in [1.82, 2.24) is 10.2 Å². The standard InChI is InChI=1S/C17H23N3O2/c1-19-16(21)11-20(12-17(19)22)15-7-5-13(6-8-15)10-14-4-2-3-9-18-14/h5-8,14,18H,2-4,9-12H2,1H3. The molecule has 5 nitrogen and oxygen atoms in total. The molecule has 2 amide bonds. The van der Waals surface area contributed by atoms with E-state index in [4.69, 9.17) is 0 Å². The van der Waals surface area contributed by atoms with Crippen molar-refractivity contribution < 1.29 is 9.59 Å². The van der Waals surface area contributed by atoms with Crippen molar-refractivity contribution >= 4 is 17.5 Å². The lowest BCUT2D eigenvalue weighted by molar-refractivity contribution is -0.143. The van der Waals surface area contributed by atoms with Crippen LogP contribution in [0.1, 0.15) is 24.8 Å². The molecule has 0 spiro atoms. The highest BCUT2D eigenvalue weighted by molar-refractivity contribution is 6.02. The Labute approximate surface area is 131 Å². The minimum absolute atomic E-state index is 0.147. The van der Waals surface area contributed by atoms with Crippen LogP contribution in [0.5, 0.6) is 0 Å². The quantitative estimate of drug-likeness (QED) is 0.852. The summed E-state index contributed by atoms with van der Waals surface area (Å²) in [5, 5.41) is 3.56. The van der Waals surface area contributed by atoms with Gasteiger partial charge in [-0.05, 0) is 43.5 Å². The van der Waals surface area contributed by atoms with E-state index in [-0.39, 0.29) is 24.9 Å². The van der Waals surface area contributed by atoms with Crippen LogP contribution in [0.25, 0.3) is 0 Å². The molecule has 0 bridgehead atoms. The Balaban J connectivity index is 1.63. The summed E-state index contributed by atoms with van der Waals surface area (Å²) in [6, 6.07) is 8.83. The van der Waals surface area contributed by atoms with Crippen LogP contribution >= 0.6 is 0 Å². The second-order valence-corrected chi connectivity index (χ2v) is 6.22. The normalized spacial score (nSPS) is 23.0. The van der Waals surface area contributed by atoms with Gasteiger partial charge in [0.15, 0.2) is 0 Å². The number of nitrogens with zero attached hydrogens (tertiary/aromatic N) is 2. The Morgan fingerprint density at radius 2 is 1.77 bits per heavy atom. The molecule has 5 heteroatoms. The minimum atomic E-state index is -0.147. The maximum Gasteiger partial charge on any atom is 0.248 e. The van der Waals surface area contributed by atoms with E-state index in [2.05, 4.69) is 17.4 Å². The van der Waals surface area contributed by atoms with Crippen LogP contribution in [0.15, 0.2) is 24.3 Å². The summed E-state index contributed by atoms with van der Waals surface area (Å²) < 4.78 is 0. The molecule has 1 atom stereocenters. The van der Waals surface area contributed by atoms with Gasteiger partial charge in [-0.3, -0.25) is 14.5 Å². The predicted molar refractivity (Wildman–Crippen MR) is 85.8 cm³/mol. The Hall–Kier alpha value is -1.88. The average Bonchev–Trinajstić information content (AvgIpc) is 2.54. The molecule has 3 rings (SSSR count). The molecule has 1 aromatic rings. The molecule has 0 aliphatic carbocycles. The number of amides is 2. The SMILES string of the molecule is CN1C(=O)CN(c2ccc(CC3CCCCN3)cc2)CC1=O. The van der Waals surface area contributed by atoms with Crippen molar-refractivity contribution in [3.8, 4) is 0 Å². The van der Waals surface area contributed by atoms with Crippen LogP contribution < -0.4 is 10.2 Å². The molecule has 0 radical (unpaired) electrons. The summed E-state index contributed by atoms with van der Waals surface area (Å²) in [5.41, 5.74) is 2.24. The molecule has 22 heavy (non-hydrogen) atoms. The van der Waals surface area contributed by atoms with Crippen LogP contribution in [0, 0.1) is 0 Å². The Morgan fingerprint density at radius 1 is 1.09 bits per heavy atom. The number of likely N-dealkylation sites (N-methyl/N-ethyl adjacent to an activating group) is 1. The van der Waals surface area contributed by atoms with Crippen LogP contribution in [-0.4, -0.2) is 49.4 Å². The van der Waals surface area contributed by atoms with Gasteiger partial charge in [0.2, 0.25) is 11.8 Å². The largest absolute Gasteiger partial charge is 0.353 e. The van der Waals surface area contributed by atoms with Gasteiger partial charge in [0, 0.05) is 18.8 Å². The molecule has 1 N–H and O–H groups in total. The highest BCUT2D eigenvalue weighted by Crippen LogP contribution is 2.20. The number of nitrogens with one attached hydrogen (secondary N) is 1. The Kier molecular flexibility index (Phi) is 4.43. The fourth-order valence-corrected chi connectivity index (χ4v) is 3.14. The second kappa shape index (κ2) is 6.48. The first-order valence-corrected chi connectivity index (χ1v) is 8.00. The van der Waals surface area contributed by atoms with Crippen molar-refractivity contribution in [3.63, 3.8) is 0 Å². The van der Waals surface area contributed by atoms with E-state index >= 15 is 0 Å². The number of benzene rings is 1. The third kappa shape index (κ3) is 3.30. The maximum absolute atomic E-state index is 11.8. The number of anilines is 1. The molecular weight excluding hydrogens is 278 g/mol. The van der Waals surface area contributed by atoms with E-state index in [1.54, 1.807) is 7.05 Å². The Bertz CT molecular complexity index is 532. The topological polar surface area (TPSA) is 52.7 Å². The van der Waals surface area contributed by atoms with Crippen LogP contribution in [0.4, 0.5) is 5.69 Å². The van der Waals surface area contributed by atoms with Gasteiger partial charge in [-0.2, -0.15) is 0 Å². The highest BCUT2D eigenvalue weighted by Gasteiger charge is 2.28. The van der Waals surface area contributed by atoms with Crippen molar-refractivity contribution in [2.75, 3.05) is 31.6 Å². The lowest BCUT2D eigenvalue weighted by Gasteiger charge is -2.32. The fraction of sp³-hybridized carbons (Fsp3) is 0.529. The zero-order valence-electron chi connectivity index (χ0n) is 13.0. The molecule has 118 valence electrons. The number of hydrogen-bond donors (Lipinski definition) is 1. The average molecular weight is 301 g/mol. The first-order chi connectivity index (χ1) is 10.6. The number of piperazine rings is 1. The molecule has 2 aliphatic heterocycles. The number of hydrogen-bond acceptors (Lipinski definition) is 4. The molecule has 2 fully saturated rings. The fourth-order valence-electron chi connectivity index (χ4n) is 3.14. The molecule has 1 aromatic carbocycles. The van der Waals surface area contributed by atoms with Gasteiger partial charge in [0.1, 0.15) is 0 Å². The predicted octanol–water partition coefficient (Wildman–Crippen LogP) is 1.18. The molecule has 2 heterocycles. The van der Waals surface area contributed by atoms with E-state index in [1.165, 1.54) is 29.7 Å². The summed E-state index contributed by atoms with van der Waals surface area (Å²) in [7, 11) is 1.54. The van der Waals surface area contributed by atoms with Crippen LogP contribution in [0.2, 0.25) is 0 Å². The second-order valence-electron chi connectivity index (χ2n) is 6.22. The minimum Gasteiger partial charge on any atom is -0.353 e. The number of carbonyl (C=O) groups excluding carboxylic acids is 2. The van der Waals surface area contributed by atoms with Crippen molar-refractivity contribution in [1.29, 1.82) is 0 Å². The van der Waals surface area contributed by atoms with Crippen LogP contribution in [-0.2, 0) is 16.0 Å². The monoisotopic (exact) mass is 301 g/mol. The number of carbonyl (C=O) groups is 2.